The van der Waals surface area contributed by atoms with Crippen LogP contribution >= 0.6 is 0 Å². The van der Waals surface area contributed by atoms with Crippen LogP contribution in [0.4, 0.5) is 11.5 Å². The predicted octanol–water partition coefficient (Wildman–Crippen LogP) is 2.29. The molecule has 0 spiro atoms. The molecule has 0 atom stereocenters. The second-order valence-electron chi connectivity index (χ2n) is 6.78. The number of amides is 1. The van der Waals surface area contributed by atoms with Gasteiger partial charge in [0.2, 0.25) is 5.75 Å². The molecule has 1 fully saturated rings. The summed E-state index contributed by atoms with van der Waals surface area (Å²) in [5.74, 6) is 1.83. The van der Waals surface area contributed by atoms with Gasteiger partial charge in [-0.2, -0.15) is 0 Å². The number of nitro groups is 1. The van der Waals surface area contributed by atoms with Gasteiger partial charge in [0.25, 0.3) is 11.6 Å². The summed E-state index contributed by atoms with van der Waals surface area (Å²) in [6.45, 7) is 3.92. The maximum absolute atomic E-state index is 13.0. The first-order valence-corrected chi connectivity index (χ1v) is 9.34. The lowest BCUT2D eigenvalue weighted by atomic mass is 10.1. The highest BCUT2D eigenvalue weighted by Gasteiger charge is 2.26. The molecule has 0 N–H and O–H groups in total. The van der Waals surface area contributed by atoms with Crippen molar-refractivity contribution in [2.45, 2.75) is 6.92 Å². The number of carbonyl (C=O) groups excluding carboxylic acids is 1. The van der Waals surface area contributed by atoms with E-state index in [0.717, 1.165) is 5.56 Å². The number of ether oxygens (including phenoxy) is 3. The molecule has 0 saturated carbocycles. The van der Waals surface area contributed by atoms with E-state index in [0.29, 0.717) is 54.8 Å². The number of hydrogen-bond donors (Lipinski definition) is 0. The minimum absolute atomic E-state index is 0.0348. The average Bonchev–Trinajstić information content (AvgIpc) is 2.77. The third-order valence-electron chi connectivity index (χ3n) is 5.03. The number of aromatic nitrogens is 1. The van der Waals surface area contributed by atoms with Crippen molar-refractivity contribution in [3.8, 4) is 17.2 Å². The highest BCUT2D eigenvalue weighted by atomic mass is 16.6. The maximum Gasteiger partial charge on any atom is 0.287 e. The Morgan fingerprint density at radius 2 is 1.63 bits per heavy atom. The van der Waals surface area contributed by atoms with E-state index in [1.165, 1.54) is 33.6 Å². The first kappa shape index (κ1) is 21.2. The Hall–Kier alpha value is -3.56. The van der Waals surface area contributed by atoms with Gasteiger partial charge in [0, 0.05) is 37.8 Å². The van der Waals surface area contributed by atoms with Crippen molar-refractivity contribution in [3.63, 3.8) is 0 Å². The second kappa shape index (κ2) is 8.85. The molecular weight excluding hydrogens is 392 g/mol. The summed E-state index contributed by atoms with van der Waals surface area (Å²) in [6, 6.07) is 4.78. The molecule has 2 heterocycles. The number of carbonyl (C=O) groups is 1. The summed E-state index contributed by atoms with van der Waals surface area (Å²) in [4.78, 5) is 31.5. The van der Waals surface area contributed by atoms with Crippen LogP contribution in [-0.2, 0) is 0 Å². The third kappa shape index (κ3) is 4.07. The quantitative estimate of drug-likeness (QED) is 0.521. The number of anilines is 1. The van der Waals surface area contributed by atoms with Crippen LogP contribution in [0, 0.1) is 17.0 Å². The molecule has 1 aliphatic rings. The number of piperazine rings is 1. The Kier molecular flexibility index (Phi) is 6.24. The fourth-order valence-corrected chi connectivity index (χ4v) is 3.49. The van der Waals surface area contributed by atoms with Gasteiger partial charge in [-0.3, -0.25) is 14.9 Å². The Morgan fingerprint density at radius 1 is 1.03 bits per heavy atom. The molecule has 1 amide bonds. The molecule has 0 radical (unpaired) electrons. The van der Waals surface area contributed by atoms with Crippen LogP contribution in [0.3, 0.4) is 0 Å². The van der Waals surface area contributed by atoms with Crippen LogP contribution in [-0.4, -0.2) is 68.2 Å². The normalized spacial score (nSPS) is 13.7. The van der Waals surface area contributed by atoms with E-state index in [4.69, 9.17) is 14.2 Å². The van der Waals surface area contributed by atoms with Crippen molar-refractivity contribution in [2.24, 2.45) is 0 Å². The molecule has 3 rings (SSSR count). The molecule has 10 nitrogen and oxygen atoms in total. The largest absolute Gasteiger partial charge is 0.493 e. The van der Waals surface area contributed by atoms with Crippen LogP contribution < -0.4 is 19.1 Å². The SMILES string of the molecule is COc1cc(C(=O)N2CCN(c3ncc([N+](=O)[O-])cc3C)CC2)cc(OC)c1OC. The van der Waals surface area contributed by atoms with Gasteiger partial charge in [-0.25, -0.2) is 4.98 Å². The van der Waals surface area contributed by atoms with Gasteiger partial charge in [0.15, 0.2) is 11.5 Å². The minimum Gasteiger partial charge on any atom is -0.493 e. The smallest absolute Gasteiger partial charge is 0.287 e. The fourth-order valence-electron chi connectivity index (χ4n) is 3.49. The molecule has 1 aromatic carbocycles. The van der Waals surface area contributed by atoms with Crippen molar-refractivity contribution in [3.05, 3.63) is 45.6 Å². The Labute approximate surface area is 174 Å². The number of rotatable bonds is 6. The van der Waals surface area contributed by atoms with E-state index < -0.39 is 4.92 Å². The van der Waals surface area contributed by atoms with Crippen LogP contribution in [0.15, 0.2) is 24.4 Å². The molecule has 0 aliphatic carbocycles. The molecule has 0 bridgehead atoms. The molecular formula is C20H24N4O6. The lowest BCUT2D eigenvalue weighted by molar-refractivity contribution is -0.385. The molecule has 2 aromatic rings. The molecule has 160 valence electrons. The molecule has 1 saturated heterocycles. The zero-order chi connectivity index (χ0) is 21.8. The summed E-state index contributed by atoms with van der Waals surface area (Å²) in [7, 11) is 4.52. The lowest BCUT2D eigenvalue weighted by Gasteiger charge is -2.36. The summed E-state index contributed by atoms with van der Waals surface area (Å²) in [6.07, 6.45) is 1.26. The minimum atomic E-state index is -0.461. The molecule has 30 heavy (non-hydrogen) atoms. The van der Waals surface area contributed by atoms with E-state index >= 15 is 0 Å². The van der Waals surface area contributed by atoms with Gasteiger partial charge >= 0.3 is 0 Å². The van der Waals surface area contributed by atoms with E-state index in [1.54, 1.807) is 24.0 Å². The average molecular weight is 416 g/mol. The van der Waals surface area contributed by atoms with Gasteiger partial charge in [-0.15, -0.1) is 0 Å². The number of hydrogen-bond acceptors (Lipinski definition) is 8. The molecule has 10 heteroatoms. The number of benzene rings is 1. The Morgan fingerprint density at radius 3 is 2.10 bits per heavy atom. The first-order chi connectivity index (χ1) is 14.4. The summed E-state index contributed by atoms with van der Waals surface area (Å²) in [5, 5.41) is 10.9. The van der Waals surface area contributed by atoms with Crippen molar-refractivity contribution >= 4 is 17.4 Å². The summed E-state index contributed by atoms with van der Waals surface area (Å²) < 4.78 is 16.0. The zero-order valence-corrected chi connectivity index (χ0v) is 17.4. The first-order valence-electron chi connectivity index (χ1n) is 9.34. The van der Waals surface area contributed by atoms with E-state index in [2.05, 4.69) is 4.98 Å². The van der Waals surface area contributed by atoms with Crippen LogP contribution in [0.2, 0.25) is 0 Å². The topological polar surface area (TPSA) is 107 Å². The summed E-state index contributed by atoms with van der Waals surface area (Å²) in [5.41, 5.74) is 1.14. The number of nitrogens with zero attached hydrogens (tertiary/aromatic N) is 4. The van der Waals surface area contributed by atoms with Crippen LogP contribution in [0.25, 0.3) is 0 Å². The van der Waals surface area contributed by atoms with E-state index in [9.17, 15) is 14.9 Å². The standard InChI is InChI=1S/C20H24N4O6/c1-13-9-15(24(26)27)12-21-19(13)22-5-7-23(8-6-22)20(25)14-10-16(28-2)18(30-4)17(11-14)29-3/h9-12H,5-8H2,1-4H3. The highest BCUT2D eigenvalue weighted by molar-refractivity contribution is 5.95. The number of aryl methyl sites for hydroxylation is 1. The maximum atomic E-state index is 13.0. The van der Waals surface area contributed by atoms with Crippen molar-refractivity contribution in [2.75, 3.05) is 52.4 Å². The van der Waals surface area contributed by atoms with Gasteiger partial charge in [-0.05, 0) is 24.6 Å². The second-order valence-corrected chi connectivity index (χ2v) is 6.78. The molecule has 1 aromatic heterocycles. The number of methoxy groups -OCH3 is 3. The van der Waals surface area contributed by atoms with Gasteiger partial charge in [-0.1, -0.05) is 0 Å². The van der Waals surface area contributed by atoms with Gasteiger partial charge < -0.3 is 24.0 Å². The van der Waals surface area contributed by atoms with Crippen molar-refractivity contribution in [1.82, 2.24) is 9.88 Å². The zero-order valence-electron chi connectivity index (χ0n) is 17.4. The lowest BCUT2D eigenvalue weighted by Crippen LogP contribution is -2.49. The van der Waals surface area contributed by atoms with Gasteiger partial charge in [0.1, 0.15) is 12.0 Å². The van der Waals surface area contributed by atoms with E-state index in [-0.39, 0.29) is 11.6 Å². The van der Waals surface area contributed by atoms with Crippen molar-refractivity contribution < 1.29 is 23.9 Å². The highest BCUT2D eigenvalue weighted by Crippen LogP contribution is 2.38. The van der Waals surface area contributed by atoms with Crippen LogP contribution in [0.1, 0.15) is 15.9 Å². The Balaban J connectivity index is 1.74. The monoisotopic (exact) mass is 416 g/mol. The Bertz CT molecular complexity index is 931. The third-order valence-corrected chi connectivity index (χ3v) is 5.03. The van der Waals surface area contributed by atoms with Crippen molar-refractivity contribution in [1.29, 1.82) is 0 Å². The van der Waals surface area contributed by atoms with Crippen LogP contribution in [0.5, 0.6) is 17.2 Å². The predicted molar refractivity (Wildman–Crippen MR) is 110 cm³/mol. The molecule has 0 unspecified atom stereocenters. The fraction of sp³-hybridized carbons (Fsp3) is 0.400. The van der Waals surface area contributed by atoms with E-state index in [1.807, 2.05) is 4.90 Å². The molecule has 1 aliphatic heterocycles. The van der Waals surface area contributed by atoms with Gasteiger partial charge in [0.05, 0.1) is 26.3 Å². The number of pyridine rings is 1. The summed E-state index contributed by atoms with van der Waals surface area (Å²) >= 11 is 0.